The number of nitrogens with zero attached hydrogens (tertiary/aromatic N) is 1. The van der Waals surface area contributed by atoms with E-state index in [4.69, 9.17) is 0 Å². The highest BCUT2D eigenvalue weighted by atomic mass is 16.3. The fourth-order valence-corrected chi connectivity index (χ4v) is 3.53. The standard InChI is InChI=1S/C21H21NO/c1-15(16-8-3-2-4-9-16)22-14-20(22)21(23)19-13-7-11-17-10-5-6-12-18(17)19/h2-13,15,20-21,23H,14H2,1H3/t15-,20-,21-,22?/m1/s1. The largest absolute Gasteiger partial charge is 0.387 e. The average Bonchev–Trinajstić information content (AvgIpc) is 3.41. The van der Waals surface area contributed by atoms with Crippen LogP contribution in [0.2, 0.25) is 0 Å². The van der Waals surface area contributed by atoms with E-state index in [0.717, 1.165) is 17.5 Å². The number of rotatable bonds is 4. The maximum atomic E-state index is 10.9. The van der Waals surface area contributed by atoms with Gasteiger partial charge in [-0.3, -0.25) is 4.90 Å². The van der Waals surface area contributed by atoms with Gasteiger partial charge in [-0.05, 0) is 28.8 Å². The zero-order valence-electron chi connectivity index (χ0n) is 13.3. The second kappa shape index (κ2) is 5.80. The van der Waals surface area contributed by atoms with Gasteiger partial charge >= 0.3 is 0 Å². The molecule has 3 aromatic rings. The smallest absolute Gasteiger partial charge is 0.0963 e. The Kier molecular flexibility index (Phi) is 3.64. The number of aliphatic hydroxyl groups excluding tert-OH is 1. The van der Waals surface area contributed by atoms with Crippen LogP contribution >= 0.6 is 0 Å². The number of hydrogen-bond donors (Lipinski definition) is 1. The molecule has 0 aromatic heterocycles. The highest BCUT2D eigenvalue weighted by Gasteiger charge is 2.43. The number of fused-ring (bicyclic) bond motifs is 1. The van der Waals surface area contributed by atoms with Gasteiger partial charge in [0.2, 0.25) is 0 Å². The van der Waals surface area contributed by atoms with E-state index >= 15 is 0 Å². The molecule has 4 atom stereocenters. The van der Waals surface area contributed by atoms with Crippen LogP contribution in [0.4, 0.5) is 0 Å². The van der Waals surface area contributed by atoms with E-state index in [0.29, 0.717) is 6.04 Å². The lowest BCUT2D eigenvalue weighted by Crippen LogP contribution is -2.14. The highest BCUT2D eigenvalue weighted by Crippen LogP contribution is 2.40. The molecule has 0 amide bonds. The summed E-state index contributed by atoms with van der Waals surface area (Å²) in [5.41, 5.74) is 2.34. The van der Waals surface area contributed by atoms with E-state index in [1.807, 2.05) is 24.3 Å². The van der Waals surface area contributed by atoms with E-state index < -0.39 is 6.10 Å². The Labute approximate surface area is 137 Å². The van der Waals surface area contributed by atoms with E-state index in [9.17, 15) is 5.11 Å². The quantitative estimate of drug-likeness (QED) is 0.726. The van der Waals surface area contributed by atoms with Crippen molar-refractivity contribution in [3.05, 3.63) is 83.9 Å². The zero-order chi connectivity index (χ0) is 15.8. The van der Waals surface area contributed by atoms with Crippen LogP contribution in [0.15, 0.2) is 72.8 Å². The number of benzene rings is 3. The number of hydrogen-bond acceptors (Lipinski definition) is 2. The molecule has 1 aliphatic rings. The Hall–Kier alpha value is -2.16. The van der Waals surface area contributed by atoms with Crippen molar-refractivity contribution in [1.82, 2.24) is 4.90 Å². The van der Waals surface area contributed by atoms with Crippen LogP contribution in [-0.2, 0) is 0 Å². The minimum Gasteiger partial charge on any atom is -0.387 e. The van der Waals surface area contributed by atoms with Gasteiger partial charge in [-0.2, -0.15) is 0 Å². The van der Waals surface area contributed by atoms with E-state index in [1.165, 1.54) is 10.9 Å². The molecule has 0 saturated carbocycles. The van der Waals surface area contributed by atoms with Crippen molar-refractivity contribution < 1.29 is 5.11 Å². The summed E-state index contributed by atoms with van der Waals surface area (Å²) in [6.45, 7) is 3.16. The zero-order valence-corrected chi connectivity index (χ0v) is 13.3. The van der Waals surface area contributed by atoms with Gasteiger partial charge in [0, 0.05) is 12.6 Å². The van der Waals surface area contributed by atoms with Gasteiger partial charge in [0.25, 0.3) is 0 Å². The molecule has 1 unspecified atom stereocenters. The van der Waals surface area contributed by atoms with Crippen LogP contribution in [-0.4, -0.2) is 22.6 Å². The monoisotopic (exact) mass is 303 g/mol. The second-order valence-corrected chi connectivity index (χ2v) is 6.36. The second-order valence-electron chi connectivity index (χ2n) is 6.36. The molecule has 116 valence electrons. The molecule has 1 heterocycles. The van der Waals surface area contributed by atoms with Gasteiger partial charge in [-0.15, -0.1) is 0 Å². The van der Waals surface area contributed by atoms with Crippen LogP contribution in [0.5, 0.6) is 0 Å². The third-order valence-electron chi connectivity index (χ3n) is 4.98. The molecule has 2 nitrogen and oxygen atoms in total. The van der Waals surface area contributed by atoms with Crippen molar-refractivity contribution in [3.8, 4) is 0 Å². The summed E-state index contributed by atoms with van der Waals surface area (Å²) >= 11 is 0. The summed E-state index contributed by atoms with van der Waals surface area (Å²) in [5.74, 6) is 0. The predicted molar refractivity (Wildman–Crippen MR) is 94.3 cm³/mol. The lowest BCUT2D eigenvalue weighted by atomic mass is 9.98. The Bertz CT molecular complexity index is 809. The molecule has 0 aliphatic carbocycles. The fraction of sp³-hybridized carbons (Fsp3) is 0.238. The first kappa shape index (κ1) is 14.4. The summed E-state index contributed by atoms with van der Waals surface area (Å²) in [7, 11) is 0. The summed E-state index contributed by atoms with van der Waals surface area (Å²) in [4.78, 5) is 2.36. The van der Waals surface area contributed by atoms with Crippen molar-refractivity contribution in [3.63, 3.8) is 0 Å². The maximum absolute atomic E-state index is 10.9. The minimum atomic E-state index is -0.438. The average molecular weight is 303 g/mol. The summed E-state index contributed by atoms with van der Waals surface area (Å²) < 4.78 is 0. The van der Waals surface area contributed by atoms with Crippen molar-refractivity contribution in [2.45, 2.75) is 25.1 Å². The van der Waals surface area contributed by atoms with Gasteiger partial charge < -0.3 is 5.11 Å². The minimum absolute atomic E-state index is 0.205. The lowest BCUT2D eigenvalue weighted by Gasteiger charge is -2.18. The van der Waals surface area contributed by atoms with Crippen LogP contribution in [0.25, 0.3) is 10.8 Å². The van der Waals surface area contributed by atoms with Crippen LogP contribution in [0, 0.1) is 0 Å². The topological polar surface area (TPSA) is 23.2 Å². The molecule has 1 N–H and O–H groups in total. The van der Waals surface area contributed by atoms with Gasteiger partial charge in [-0.1, -0.05) is 72.8 Å². The van der Waals surface area contributed by atoms with Crippen molar-refractivity contribution in [1.29, 1.82) is 0 Å². The molecular weight excluding hydrogens is 282 g/mol. The third-order valence-corrected chi connectivity index (χ3v) is 4.98. The molecule has 23 heavy (non-hydrogen) atoms. The normalized spacial score (nSPS) is 22.7. The van der Waals surface area contributed by atoms with Crippen LogP contribution in [0.1, 0.15) is 30.2 Å². The summed E-state index contributed by atoms with van der Waals surface area (Å²) in [5, 5.41) is 13.2. The van der Waals surface area contributed by atoms with Crippen LogP contribution < -0.4 is 0 Å². The Morgan fingerprint density at radius 1 is 0.913 bits per heavy atom. The van der Waals surface area contributed by atoms with Gasteiger partial charge in [0.1, 0.15) is 0 Å². The SMILES string of the molecule is C[C@H](c1ccccc1)N1C[C@@H]1[C@H](O)c1cccc2ccccc12. The first-order valence-electron chi connectivity index (χ1n) is 8.22. The Morgan fingerprint density at radius 2 is 1.61 bits per heavy atom. The summed E-state index contributed by atoms with van der Waals surface area (Å²) in [6.07, 6.45) is -0.438. The van der Waals surface area contributed by atoms with Gasteiger partial charge in [0.05, 0.1) is 12.1 Å². The fourth-order valence-electron chi connectivity index (χ4n) is 3.53. The predicted octanol–water partition coefficient (Wildman–Crippen LogP) is 4.32. The third kappa shape index (κ3) is 2.65. The lowest BCUT2D eigenvalue weighted by molar-refractivity contribution is 0.152. The Morgan fingerprint density at radius 3 is 2.43 bits per heavy atom. The molecule has 4 rings (SSSR count). The van der Waals surface area contributed by atoms with E-state index in [2.05, 4.69) is 60.4 Å². The first-order valence-corrected chi connectivity index (χ1v) is 8.22. The highest BCUT2D eigenvalue weighted by molar-refractivity contribution is 5.86. The first-order chi connectivity index (χ1) is 11.3. The number of aliphatic hydroxyl groups is 1. The van der Waals surface area contributed by atoms with E-state index in [1.54, 1.807) is 0 Å². The molecule has 0 radical (unpaired) electrons. The molecule has 0 bridgehead atoms. The molecule has 1 saturated heterocycles. The maximum Gasteiger partial charge on any atom is 0.0963 e. The summed E-state index contributed by atoms with van der Waals surface area (Å²) in [6, 6.07) is 25.5. The molecule has 0 spiro atoms. The molecular formula is C21H21NO. The molecule has 1 fully saturated rings. The van der Waals surface area contributed by atoms with Crippen molar-refractivity contribution in [2.75, 3.05) is 6.54 Å². The molecule has 2 heteroatoms. The van der Waals surface area contributed by atoms with Crippen LogP contribution in [0.3, 0.4) is 0 Å². The van der Waals surface area contributed by atoms with Gasteiger partial charge in [0.15, 0.2) is 0 Å². The molecule has 3 aromatic carbocycles. The van der Waals surface area contributed by atoms with Crippen molar-refractivity contribution in [2.24, 2.45) is 0 Å². The van der Waals surface area contributed by atoms with Gasteiger partial charge in [-0.25, -0.2) is 0 Å². The Balaban J connectivity index is 1.58. The molecule has 1 aliphatic heterocycles. The van der Waals surface area contributed by atoms with Crippen molar-refractivity contribution >= 4 is 10.8 Å². The van der Waals surface area contributed by atoms with E-state index in [-0.39, 0.29) is 6.04 Å².